The summed E-state index contributed by atoms with van der Waals surface area (Å²) in [6.45, 7) is 6.89. The first-order valence-corrected chi connectivity index (χ1v) is 6.83. The Labute approximate surface area is 57.8 Å². The van der Waals surface area contributed by atoms with Gasteiger partial charge in [-0.05, 0) is 11.8 Å². The summed E-state index contributed by atoms with van der Waals surface area (Å²) in [4.78, 5) is 0. The summed E-state index contributed by atoms with van der Waals surface area (Å²) < 4.78 is 1.74. The number of nitrogens with zero attached hydrogens (tertiary/aromatic N) is 1. The van der Waals surface area contributed by atoms with Gasteiger partial charge in [-0.2, -0.15) is 0 Å². The summed E-state index contributed by atoms with van der Waals surface area (Å²) in [6.07, 6.45) is 1.06. The van der Waals surface area contributed by atoms with Crippen molar-refractivity contribution in [1.82, 2.24) is 4.42 Å². The lowest BCUT2D eigenvalue weighted by molar-refractivity contribution is 0.635. The first-order chi connectivity index (χ1) is 3.42. The second kappa shape index (κ2) is 2.85. The maximum absolute atomic E-state index is 5.63. The quantitative estimate of drug-likeness (QED) is 0.431. The van der Waals surface area contributed by atoms with Crippen LogP contribution in [0.1, 0.15) is 0 Å². The summed E-state index contributed by atoms with van der Waals surface area (Å²) in [5.41, 5.74) is 0. The maximum atomic E-state index is 5.63. The first kappa shape index (κ1) is 8.47. The standard InChI is InChI=1S/C5H14ClNSi/c1-7(6)5-8(2,3)4/h5H2,1-4H3. The highest BCUT2D eigenvalue weighted by Gasteiger charge is 2.13. The lowest BCUT2D eigenvalue weighted by Gasteiger charge is -2.18. The average molecular weight is 152 g/mol. The highest BCUT2D eigenvalue weighted by Crippen LogP contribution is 2.03. The van der Waals surface area contributed by atoms with Gasteiger partial charge in [-0.25, -0.2) is 4.42 Å². The molecule has 0 aromatic heterocycles. The van der Waals surface area contributed by atoms with Crippen molar-refractivity contribution >= 4 is 19.9 Å². The summed E-state index contributed by atoms with van der Waals surface area (Å²) in [5, 5.41) is 0. The Hall–Kier alpha value is 0.467. The molecule has 0 aliphatic rings. The number of hydrogen-bond donors (Lipinski definition) is 0. The van der Waals surface area contributed by atoms with Gasteiger partial charge in [0.05, 0.1) is 8.07 Å². The zero-order valence-corrected chi connectivity index (χ0v) is 7.79. The Morgan fingerprint density at radius 3 is 1.75 bits per heavy atom. The number of hydrogen-bond acceptors (Lipinski definition) is 1. The largest absolute Gasteiger partial charge is 0.226 e. The minimum atomic E-state index is -0.926. The molecule has 0 bridgehead atoms. The smallest absolute Gasteiger partial charge is 0.0616 e. The molecule has 50 valence electrons. The fraction of sp³-hybridized carbons (Fsp3) is 1.00. The molecule has 0 saturated heterocycles. The molecule has 3 heteroatoms. The van der Waals surface area contributed by atoms with Gasteiger partial charge in [-0.3, -0.25) is 0 Å². The molecule has 0 fully saturated rings. The second-order valence-electron chi connectivity index (χ2n) is 3.32. The Kier molecular flexibility index (Phi) is 3.02. The van der Waals surface area contributed by atoms with E-state index in [1.807, 2.05) is 7.05 Å². The van der Waals surface area contributed by atoms with Crippen LogP contribution in [0.3, 0.4) is 0 Å². The van der Waals surface area contributed by atoms with Crippen LogP contribution in [0.4, 0.5) is 0 Å². The molecule has 0 aromatic rings. The fourth-order valence-corrected chi connectivity index (χ4v) is 3.04. The Balaban J connectivity index is 3.39. The van der Waals surface area contributed by atoms with E-state index < -0.39 is 8.07 Å². The van der Waals surface area contributed by atoms with Crippen molar-refractivity contribution in [3.05, 3.63) is 0 Å². The van der Waals surface area contributed by atoms with Gasteiger partial charge in [0.25, 0.3) is 0 Å². The second-order valence-corrected chi connectivity index (χ2v) is 9.34. The zero-order valence-electron chi connectivity index (χ0n) is 6.03. The SMILES string of the molecule is CN(Cl)C[Si](C)(C)C. The third-order valence-corrected chi connectivity index (χ3v) is 2.44. The van der Waals surface area contributed by atoms with E-state index in [4.69, 9.17) is 11.8 Å². The molecule has 0 rings (SSSR count). The Bertz CT molecular complexity index is 67.3. The summed E-state index contributed by atoms with van der Waals surface area (Å²) in [5.74, 6) is 0. The molecule has 0 heterocycles. The third-order valence-electron chi connectivity index (χ3n) is 0.692. The molecule has 0 atom stereocenters. The van der Waals surface area contributed by atoms with Crippen LogP contribution in [-0.4, -0.2) is 25.7 Å². The van der Waals surface area contributed by atoms with E-state index in [0.29, 0.717) is 0 Å². The molecule has 1 nitrogen and oxygen atoms in total. The van der Waals surface area contributed by atoms with Crippen molar-refractivity contribution in [2.75, 3.05) is 13.2 Å². The molecule has 0 unspecified atom stereocenters. The van der Waals surface area contributed by atoms with Crippen LogP contribution in [0.5, 0.6) is 0 Å². The predicted molar refractivity (Wildman–Crippen MR) is 41.8 cm³/mol. The molecule has 0 N–H and O–H groups in total. The molecule has 0 amide bonds. The van der Waals surface area contributed by atoms with Crippen LogP contribution in [0.15, 0.2) is 0 Å². The lowest BCUT2D eigenvalue weighted by Crippen LogP contribution is -2.33. The van der Waals surface area contributed by atoms with Gasteiger partial charge in [0, 0.05) is 13.2 Å². The van der Waals surface area contributed by atoms with Crippen LogP contribution in [0.25, 0.3) is 0 Å². The van der Waals surface area contributed by atoms with Gasteiger partial charge in [0.1, 0.15) is 0 Å². The molecular weight excluding hydrogens is 138 g/mol. The van der Waals surface area contributed by atoms with Crippen molar-refractivity contribution in [3.8, 4) is 0 Å². The van der Waals surface area contributed by atoms with E-state index in [-0.39, 0.29) is 0 Å². The van der Waals surface area contributed by atoms with Gasteiger partial charge in [0.2, 0.25) is 0 Å². The van der Waals surface area contributed by atoms with E-state index in [1.54, 1.807) is 4.42 Å². The van der Waals surface area contributed by atoms with Gasteiger partial charge in [0.15, 0.2) is 0 Å². The molecule has 0 radical (unpaired) electrons. The summed E-state index contributed by atoms with van der Waals surface area (Å²) >= 11 is 5.63. The average Bonchev–Trinajstić information content (AvgIpc) is 1.21. The Morgan fingerprint density at radius 1 is 1.38 bits per heavy atom. The predicted octanol–water partition coefficient (Wildman–Crippen LogP) is 1.95. The van der Waals surface area contributed by atoms with E-state index in [0.717, 1.165) is 6.17 Å². The minimum absolute atomic E-state index is 0.926. The normalized spacial score (nSPS) is 12.8. The molecule has 8 heavy (non-hydrogen) atoms. The molecule has 0 aromatic carbocycles. The van der Waals surface area contributed by atoms with Gasteiger partial charge >= 0.3 is 0 Å². The first-order valence-electron chi connectivity index (χ1n) is 2.79. The summed E-state index contributed by atoms with van der Waals surface area (Å²) in [6, 6.07) is 0. The van der Waals surface area contributed by atoms with E-state index in [9.17, 15) is 0 Å². The number of rotatable bonds is 2. The molecule has 0 aliphatic carbocycles. The highest BCUT2D eigenvalue weighted by molar-refractivity contribution is 6.76. The van der Waals surface area contributed by atoms with Crippen molar-refractivity contribution in [1.29, 1.82) is 0 Å². The van der Waals surface area contributed by atoms with Crippen LogP contribution >= 0.6 is 11.8 Å². The monoisotopic (exact) mass is 151 g/mol. The lowest BCUT2D eigenvalue weighted by atomic mass is 11.2. The topological polar surface area (TPSA) is 3.24 Å². The molecular formula is C5H14ClNSi. The van der Waals surface area contributed by atoms with E-state index in [1.165, 1.54) is 0 Å². The Morgan fingerprint density at radius 2 is 1.75 bits per heavy atom. The van der Waals surface area contributed by atoms with Gasteiger partial charge in [-0.15, -0.1) is 0 Å². The fourth-order valence-electron chi connectivity index (χ4n) is 0.654. The molecule has 0 spiro atoms. The van der Waals surface area contributed by atoms with Crippen molar-refractivity contribution in [3.63, 3.8) is 0 Å². The number of halogens is 1. The van der Waals surface area contributed by atoms with Gasteiger partial charge < -0.3 is 0 Å². The van der Waals surface area contributed by atoms with Crippen LogP contribution in [0.2, 0.25) is 19.6 Å². The third kappa shape index (κ3) is 6.47. The van der Waals surface area contributed by atoms with Crippen molar-refractivity contribution in [2.45, 2.75) is 19.6 Å². The maximum Gasteiger partial charge on any atom is 0.0616 e. The van der Waals surface area contributed by atoms with Crippen LogP contribution in [0, 0.1) is 0 Å². The molecule has 0 aliphatic heterocycles. The van der Waals surface area contributed by atoms with E-state index >= 15 is 0 Å². The zero-order chi connectivity index (χ0) is 6.78. The van der Waals surface area contributed by atoms with E-state index in [2.05, 4.69) is 19.6 Å². The molecule has 0 saturated carbocycles. The minimum Gasteiger partial charge on any atom is -0.226 e. The van der Waals surface area contributed by atoms with Crippen LogP contribution in [-0.2, 0) is 0 Å². The summed E-state index contributed by atoms with van der Waals surface area (Å²) in [7, 11) is 0.976. The van der Waals surface area contributed by atoms with Crippen molar-refractivity contribution in [2.24, 2.45) is 0 Å². The van der Waals surface area contributed by atoms with Gasteiger partial charge in [-0.1, -0.05) is 19.6 Å². The highest BCUT2D eigenvalue weighted by atomic mass is 35.5. The van der Waals surface area contributed by atoms with Crippen molar-refractivity contribution < 1.29 is 0 Å². The van der Waals surface area contributed by atoms with Crippen LogP contribution < -0.4 is 0 Å².